The van der Waals surface area contributed by atoms with Crippen LogP contribution in [0.3, 0.4) is 0 Å². The Balaban J connectivity index is 1.54. The number of phenols is 1. The van der Waals surface area contributed by atoms with E-state index in [1.807, 2.05) is 6.07 Å². The number of piperazine rings is 1. The summed E-state index contributed by atoms with van der Waals surface area (Å²) in [6.07, 6.45) is 0. The Morgan fingerprint density at radius 2 is 1.78 bits per heavy atom. The lowest BCUT2D eigenvalue weighted by Crippen LogP contribution is -2.46. The summed E-state index contributed by atoms with van der Waals surface area (Å²) >= 11 is 0. The van der Waals surface area contributed by atoms with E-state index in [-0.39, 0.29) is 11.4 Å². The molecule has 2 aromatic carbocycles. The summed E-state index contributed by atoms with van der Waals surface area (Å²) in [6, 6.07) is 13.6. The van der Waals surface area contributed by atoms with Gasteiger partial charge in [0.15, 0.2) is 0 Å². The van der Waals surface area contributed by atoms with Gasteiger partial charge in [0.25, 0.3) is 0 Å². The van der Waals surface area contributed by atoms with Gasteiger partial charge in [0, 0.05) is 55.4 Å². The van der Waals surface area contributed by atoms with E-state index in [2.05, 4.69) is 41.0 Å². The highest BCUT2D eigenvalue weighted by Gasteiger charge is 2.20. The second kappa shape index (κ2) is 7.08. The van der Waals surface area contributed by atoms with Crippen molar-refractivity contribution in [2.45, 2.75) is 20.4 Å². The minimum absolute atomic E-state index is 0.148. The highest BCUT2D eigenvalue weighted by molar-refractivity contribution is 5.84. The quantitative estimate of drug-likeness (QED) is 0.722. The van der Waals surface area contributed by atoms with E-state index in [1.165, 1.54) is 11.3 Å². The van der Waals surface area contributed by atoms with Crippen molar-refractivity contribution in [1.82, 2.24) is 4.90 Å². The topological polar surface area (TPSA) is 56.9 Å². The van der Waals surface area contributed by atoms with Crippen LogP contribution in [0.4, 0.5) is 5.69 Å². The number of benzene rings is 2. The standard InChI is InChI=1S/C22H24N2O3/c1-15-5-3-4-6-19(15)24-11-9-23(10-12-24)14-17-13-21(26)27-22-16(2)20(25)8-7-18(17)22/h3-8,13,25H,9-12,14H2,1-2H3. The molecule has 0 saturated carbocycles. The molecule has 140 valence electrons. The highest BCUT2D eigenvalue weighted by Crippen LogP contribution is 2.28. The van der Waals surface area contributed by atoms with Crippen molar-refractivity contribution in [2.75, 3.05) is 31.1 Å². The van der Waals surface area contributed by atoms with Gasteiger partial charge in [0.1, 0.15) is 11.3 Å². The summed E-state index contributed by atoms with van der Waals surface area (Å²) in [7, 11) is 0. The number of rotatable bonds is 3. The van der Waals surface area contributed by atoms with Gasteiger partial charge >= 0.3 is 5.63 Å². The first-order chi connectivity index (χ1) is 13.0. The van der Waals surface area contributed by atoms with Crippen LogP contribution < -0.4 is 10.5 Å². The van der Waals surface area contributed by atoms with Crippen LogP contribution in [0, 0.1) is 13.8 Å². The predicted octanol–water partition coefficient (Wildman–Crippen LogP) is 3.44. The maximum Gasteiger partial charge on any atom is 0.336 e. The zero-order valence-corrected chi connectivity index (χ0v) is 15.7. The normalized spacial score (nSPS) is 15.4. The van der Waals surface area contributed by atoms with Gasteiger partial charge in [-0.1, -0.05) is 18.2 Å². The molecule has 4 rings (SSSR count). The molecule has 0 bridgehead atoms. The molecule has 1 aliphatic rings. The molecule has 0 atom stereocenters. The molecule has 3 aromatic rings. The molecule has 27 heavy (non-hydrogen) atoms. The third kappa shape index (κ3) is 3.43. The second-order valence-corrected chi connectivity index (χ2v) is 7.23. The number of para-hydroxylation sites is 1. The number of fused-ring (bicyclic) bond motifs is 1. The third-order valence-electron chi connectivity index (χ3n) is 5.44. The minimum Gasteiger partial charge on any atom is -0.508 e. The number of hydrogen-bond acceptors (Lipinski definition) is 5. The molecule has 0 radical (unpaired) electrons. The molecule has 1 saturated heterocycles. The van der Waals surface area contributed by atoms with Gasteiger partial charge < -0.3 is 14.4 Å². The largest absolute Gasteiger partial charge is 0.508 e. The summed E-state index contributed by atoms with van der Waals surface area (Å²) in [4.78, 5) is 16.8. The van der Waals surface area contributed by atoms with Crippen molar-refractivity contribution in [3.05, 3.63) is 69.6 Å². The first-order valence-electron chi connectivity index (χ1n) is 9.31. The molecule has 0 spiro atoms. The van der Waals surface area contributed by atoms with Crippen molar-refractivity contribution >= 4 is 16.7 Å². The zero-order valence-electron chi connectivity index (χ0n) is 15.7. The Hall–Kier alpha value is -2.79. The Morgan fingerprint density at radius 1 is 1.04 bits per heavy atom. The number of aromatic hydroxyl groups is 1. The van der Waals surface area contributed by atoms with Crippen LogP contribution in [0.25, 0.3) is 11.0 Å². The lowest BCUT2D eigenvalue weighted by Gasteiger charge is -2.37. The highest BCUT2D eigenvalue weighted by atomic mass is 16.4. The van der Waals surface area contributed by atoms with E-state index in [1.54, 1.807) is 19.1 Å². The molecule has 0 unspecified atom stereocenters. The van der Waals surface area contributed by atoms with Crippen molar-refractivity contribution in [2.24, 2.45) is 0 Å². The average molecular weight is 364 g/mol. The lowest BCUT2D eigenvalue weighted by atomic mass is 10.1. The Bertz CT molecular complexity index is 1030. The number of hydrogen-bond donors (Lipinski definition) is 1. The molecule has 2 heterocycles. The van der Waals surface area contributed by atoms with Gasteiger partial charge in [-0.05, 0) is 43.2 Å². The fourth-order valence-corrected chi connectivity index (χ4v) is 3.85. The number of nitrogens with zero attached hydrogens (tertiary/aromatic N) is 2. The summed E-state index contributed by atoms with van der Waals surface area (Å²) in [5, 5.41) is 10.8. The van der Waals surface area contributed by atoms with E-state index < -0.39 is 0 Å². The van der Waals surface area contributed by atoms with Gasteiger partial charge in [0.05, 0.1) is 0 Å². The van der Waals surface area contributed by atoms with Crippen LogP contribution in [-0.4, -0.2) is 36.2 Å². The third-order valence-corrected chi connectivity index (χ3v) is 5.44. The first-order valence-corrected chi connectivity index (χ1v) is 9.31. The van der Waals surface area contributed by atoms with E-state index >= 15 is 0 Å². The molecule has 1 aromatic heterocycles. The average Bonchev–Trinajstić information content (AvgIpc) is 2.66. The molecule has 1 fully saturated rings. The number of phenolic OH excluding ortho intramolecular Hbond substituents is 1. The van der Waals surface area contributed by atoms with Crippen LogP contribution in [0.15, 0.2) is 51.7 Å². The summed E-state index contributed by atoms with van der Waals surface area (Å²) in [5.74, 6) is 0.148. The first kappa shape index (κ1) is 17.6. The van der Waals surface area contributed by atoms with Crippen LogP contribution in [0.2, 0.25) is 0 Å². The van der Waals surface area contributed by atoms with Crippen molar-refractivity contribution in [1.29, 1.82) is 0 Å². The summed E-state index contributed by atoms with van der Waals surface area (Å²) < 4.78 is 5.35. The smallest absolute Gasteiger partial charge is 0.336 e. The molecule has 5 nitrogen and oxygen atoms in total. The van der Waals surface area contributed by atoms with Crippen LogP contribution in [-0.2, 0) is 6.54 Å². The van der Waals surface area contributed by atoms with Crippen molar-refractivity contribution in [3.63, 3.8) is 0 Å². The van der Waals surface area contributed by atoms with Gasteiger partial charge in [-0.15, -0.1) is 0 Å². The van der Waals surface area contributed by atoms with Gasteiger partial charge in [-0.2, -0.15) is 0 Å². The number of aryl methyl sites for hydroxylation is 2. The van der Waals surface area contributed by atoms with Crippen LogP contribution in [0.1, 0.15) is 16.7 Å². The second-order valence-electron chi connectivity index (χ2n) is 7.23. The fraction of sp³-hybridized carbons (Fsp3) is 0.318. The summed E-state index contributed by atoms with van der Waals surface area (Å²) in [5.41, 5.74) is 4.27. The molecular formula is C22H24N2O3. The van der Waals surface area contributed by atoms with E-state index in [9.17, 15) is 9.90 Å². The maximum atomic E-state index is 12.0. The van der Waals surface area contributed by atoms with E-state index in [0.29, 0.717) is 17.7 Å². The maximum absolute atomic E-state index is 12.0. The molecular weight excluding hydrogens is 340 g/mol. The van der Waals surface area contributed by atoms with Crippen LogP contribution in [0.5, 0.6) is 5.75 Å². The van der Waals surface area contributed by atoms with Gasteiger partial charge in [-0.25, -0.2) is 4.79 Å². The molecule has 0 aliphatic carbocycles. The van der Waals surface area contributed by atoms with E-state index in [0.717, 1.165) is 37.1 Å². The monoisotopic (exact) mass is 364 g/mol. The zero-order chi connectivity index (χ0) is 19.0. The van der Waals surface area contributed by atoms with E-state index in [4.69, 9.17) is 4.42 Å². The molecule has 5 heteroatoms. The van der Waals surface area contributed by atoms with Gasteiger partial charge in [-0.3, -0.25) is 4.90 Å². The number of anilines is 1. The lowest BCUT2D eigenvalue weighted by molar-refractivity contribution is 0.250. The Labute approximate surface area is 158 Å². The van der Waals surface area contributed by atoms with Crippen molar-refractivity contribution in [3.8, 4) is 5.75 Å². The molecule has 0 amide bonds. The Morgan fingerprint density at radius 3 is 2.52 bits per heavy atom. The fourth-order valence-electron chi connectivity index (χ4n) is 3.85. The molecule has 1 N–H and O–H groups in total. The minimum atomic E-state index is -0.371. The Kier molecular flexibility index (Phi) is 4.62. The SMILES string of the molecule is Cc1ccccc1N1CCN(Cc2cc(=O)oc3c(C)c(O)ccc23)CC1. The summed E-state index contributed by atoms with van der Waals surface area (Å²) in [6.45, 7) is 8.42. The van der Waals surface area contributed by atoms with Crippen molar-refractivity contribution < 1.29 is 9.52 Å². The predicted molar refractivity (Wildman–Crippen MR) is 108 cm³/mol. The van der Waals surface area contributed by atoms with Crippen LogP contribution >= 0.6 is 0 Å². The molecule has 1 aliphatic heterocycles. The van der Waals surface area contributed by atoms with Gasteiger partial charge in [0.2, 0.25) is 0 Å².